The third kappa shape index (κ3) is 5.69. The second-order valence-electron chi connectivity index (χ2n) is 7.30. The van der Waals surface area contributed by atoms with E-state index in [1.807, 2.05) is 30.3 Å². The average Bonchev–Trinajstić information content (AvgIpc) is 2.78. The zero-order valence-corrected chi connectivity index (χ0v) is 18.4. The summed E-state index contributed by atoms with van der Waals surface area (Å²) in [6.45, 7) is 2.84. The summed E-state index contributed by atoms with van der Waals surface area (Å²) >= 11 is 0. The Kier molecular flexibility index (Phi) is 7.42. The van der Waals surface area contributed by atoms with Gasteiger partial charge in [-0.25, -0.2) is 13.2 Å². The number of nitrogens with zero attached hydrogens (tertiary/aromatic N) is 2. The molecule has 0 bridgehead atoms. The van der Waals surface area contributed by atoms with Crippen molar-refractivity contribution in [2.75, 3.05) is 40.0 Å². The molecule has 0 radical (unpaired) electrons. The van der Waals surface area contributed by atoms with Crippen LogP contribution in [0, 0.1) is 6.92 Å². The lowest BCUT2D eigenvalue weighted by Crippen LogP contribution is -2.40. The molecule has 0 spiro atoms. The Bertz CT molecular complexity index is 1030. The first-order valence-corrected chi connectivity index (χ1v) is 11.4. The molecule has 0 atom stereocenters. The number of rotatable bonds is 7. The maximum Gasteiger partial charge on any atom is 0.338 e. The first-order valence-electron chi connectivity index (χ1n) is 9.92. The Morgan fingerprint density at radius 2 is 1.77 bits per heavy atom. The molecule has 1 amide bonds. The highest BCUT2D eigenvalue weighted by atomic mass is 32.2. The Hall–Kier alpha value is -2.75. The summed E-state index contributed by atoms with van der Waals surface area (Å²) in [5, 5.41) is 0. The molecule has 1 aliphatic rings. The fourth-order valence-electron chi connectivity index (χ4n) is 3.18. The molecule has 1 aliphatic heterocycles. The summed E-state index contributed by atoms with van der Waals surface area (Å²) in [6.07, 6.45) is 0. The van der Waals surface area contributed by atoms with Crippen molar-refractivity contribution < 1.29 is 27.5 Å². The van der Waals surface area contributed by atoms with Crippen LogP contribution >= 0.6 is 0 Å². The summed E-state index contributed by atoms with van der Waals surface area (Å²) in [4.78, 5) is 26.4. The lowest BCUT2D eigenvalue weighted by molar-refractivity contribution is -0.133. The number of amides is 1. The number of hydrogen-bond donors (Lipinski definition) is 0. The van der Waals surface area contributed by atoms with Crippen LogP contribution in [0.2, 0.25) is 0 Å². The van der Waals surface area contributed by atoms with E-state index >= 15 is 0 Å². The smallest absolute Gasteiger partial charge is 0.338 e. The Balaban J connectivity index is 1.66. The minimum atomic E-state index is -3.74. The van der Waals surface area contributed by atoms with Crippen LogP contribution in [-0.2, 0) is 30.8 Å². The minimum Gasteiger partial charge on any atom is -0.452 e. The highest BCUT2D eigenvalue weighted by Gasteiger charge is 2.27. The second-order valence-corrected chi connectivity index (χ2v) is 9.24. The summed E-state index contributed by atoms with van der Waals surface area (Å²) < 4.78 is 37.4. The Morgan fingerprint density at radius 3 is 2.45 bits per heavy atom. The number of aryl methyl sites for hydroxylation is 1. The van der Waals surface area contributed by atoms with Gasteiger partial charge in [0, 0.05) is 26.7 Å². The van der Waals surface area contributed by atoms with Crippen molar-refractivity contribution in [1.82, 2.24) is 9.21 Å². The lowest BCUT2D eigenvalue weighted by atomic mass is 10.1. The van der Waals surface area contributed by atoms with E-state index in [1.165, 1.54) is 21.3 Å². The molecule has 0 aliphatic carbocycles. The molecule has 166 valence electrons. The van der Waals surface area contributed by atoms with E-state index in [2.05, 4.69) is 0 Å². The van der Waals surface area contributed by atoms with E-state index < -0.39 is 22.6 Å². The molecule has 2 aromatic rings. The van der Waals surface area contributed by atoms with E-state index in [0.29, 0.717) is 25.3 Å². The van der Waals surface area contributed by atoms with Gasteiger partial charge in [0.1, 0.15) is 0 Å². The molecule has 0 N–H and O–H groups in total. The molecule has 3 rings (SSSR count). The first kappa shape index (κ1) is 22.9. The average molecular weight is 447 g/mol. The summed E-state index contributed by atoms with van der Waals surface area (Å²) in [6, 6.07) is 13.8. The van der Waals surface area contributed by atoms with E-state index in [9.17, 15) is 18.0 Å². The van der Waals surface area contributed by atoms with E-state index in [0.717, 1.165) is 5.56 Å². The van der Waals surface area contributed by atoms with Gasteiger partial charge in [-0.2, -0.15) is 4.31 Å². The van der Waals surface area contributed by atoms with Gasteiger partial charge in [-0.05, 0) is 30.2 Å². The summed E-state index contributed by atoms with van der Waals surface area (Å²) in [7, 11) is -2.11. The highest BCUT2D eigenvalue weighted by molar-refractivity contribution is 7.89. The van der Waals surface area contributed by atoms with E-state index in [4.69, 9.17) is 9.47 Å². The number of likely N-dealkylation sites (N-methyl/N-ethyl adjacent to an activating group) is 1. The van der Waals surface area contributed by atoms with Crippen molar-refractivity contribution in [2.45, 2.75) is 18.4 Å². The third-order valence-corrected chi connectivity index (χ3v) is 6.95. The third-order valence-electron chi connectivity index (χ3n) is 5.05. The van der Waals surface area contributed by atoms with Gasteiger partial charge >= 0.3 is 5.97 Å². The van der Waals surface area contributed by atoms with Crippen LogP contribution in [0.5, 0.6) is 0 Å². The molecule has 0 aromatic heterocycles. The fraction of sp³-hybridized carbons (Fsp3) is 0.364. The molecule has 0 unspecified atom stereocenters. The predicted molar refractivity (Wildman–Crippen MR) is 114 cm³/mol. The largest absolute Gasteiger partial charge is 0.452 e. The number of morpholine rings is 1. The van der Waals surface area contributed by atoms with Gasteiger partial charge in [-0.1, -0.05) is 36.4 Å². The normalized spacial score (nSPS) is 14.8. The van der Waals surface area contributed by atoms with Gasteiger partial charge in [0.25, 0.3) is 5.91 Å². The molecule has 8 nitrogen and oxygen atoms in total. The van der Waals surface area contributed by atoms with Crippen LogP contribution in [0.25, 0.3) is 0 Å². The molecule has 9 heteroatoms. The van der Waals surface area contributed by atoms with Gasteiger partial charge in [0.05, 0.1) is 23.7 Å². The topological polar surface area (TPSA) is 93.2 Å². The van der Waals surface area contributed by atoms with Crippen molar-refractivity contribution in [2.24, 2.45) is 0 Å². The summed E-state index contributed by atoms with van der Waals surface area (Å²) in [5.74, 6) is -1.09. The summed E-state index contributed by atoms with van der Waals surface area (Å²) in [5.41, 5.74) is 1.64. The zero-order valence-electron chi connectivity index (χ0n) is 17.6. The number of ether oxygens (including phenoxy) is 2. The van der Waals surface area contributed by atoms with Gasteiger partial charge in [0.15, 0.2) is 6.61 Å². The SMILES string of the molecule is Cc1ccc(S(=O)(=O)N2CCOCC2)cc1C(=O)OCC(=O)N(C)Cc1ccccc1. The molecule has 2 aromatic carbocycles. The number of carbonyl (C=O) groups excluding carboxylic acids is 2. The predicted octanol–water partition coefficient (Wildman–Crippen LogP) is 1.83. The van der Waals surface area contributed by atoms with Crippen LogP contribution in [0.3, 0.4) is 0 Å². The van der Waals surface area contributed by atoms with E-state index in [-0.39, 0.29) is 29.5 Å². The quantitative estimate of drug-likeness (QED) is 0.603. The van der Waals surface area contributed by atoms with Crippen molar-refractivity contribution in [3.05, 3.63) is 65.2 Å². The molecule has 1 fully saturated rings. The van der Waals surface area contributed by atoms with E-state index in [1.54, 1.807) is 20.0 Å². The maximum atomic E-state index is 12.9. The zero-order chi connectivity index (χ0) is 22.4. The lowest BCUT2D eigenvalue weighted by Gasteiger charge is -2.26. The fourth-order valence-corrected chi connectivity index (χ4v) is 4.61. The van der Waals surface area contributed by atoms with Crippen molar-refractivity contribution in [1.29, 1.82) is 0 Å². The van der Waals surface area contributed by atoms with Crippen LogP contribution in [-0.4, -0.2) is 69.5 Å². The standard InChI is InChI=1S/C22H26N2O6S/c1-17-8-9-19(31(27,28)24-10-12-29-13-11-24)14-20(17)22(26)30-16-21(25)23(2)15-18-6-4-3-5-7-18/h3-9,14H,10-13,15-16H2,1-2H3. The van der Waals surface area contributed by atoms with Crippen LogP contribution in [0.4, 0.5) is 0 Å². The van der Waals surface area contributed by atoms with Crippen molar-refractivity contribution in [3.63, 3.8) is 0 Å². The first-order chi connectivity index (χ1) is 14.8. The Morgan fingerprint density at radius 1 is 1.10 bits per heavy atom. The monoisotopic (exact) mass is 446 g/mol. The molecule has 0 saturated carbocycles. The number of benzene rings is 2. The van der Waals surface area contributed by atoms with Gasteiger partial charge in [-0.3, -0.25) is 4.79 Å². The minimum absolute atomic E-state index is 0.0134. The molecule has 31 heavy (non-hydrogen) atoms. The number of esters is 1. The van der Waals surface area contributed by atoms with Crippen LogP contribution < -0.4 is 0 Å². The van der Waals surface area contributed by atoms with Crippen molar-refractivity contribution >= 4 is 21.9 Å². The molecule has 1 heterocycles. The highest BCUT2D eigenvalue weighted by Crippen LogP contribution is 2.21. The second kappa shape index (κ2) is 10.0. The van der Waals surface area contributed by atoms with Gasteiger partial charge < -0.3 is 14.4 Å². The van der Waals surface area contributed by atoms with Crippen molar-refractivity contribution in [3.8, 4) is 0 Å². The number of sulfonamides is 1. The number of hydrogen-bond acceptors (Lipinski definition) is 6. The Labute approximate surface area is 182 Å². The molecule has 1 saturated heterocycles. The van der Waals surface area contributed by atoms with Crippen LogP contribution in [0.1, 0.15) is 21.5 Å². The van der Waals surface area contributed by atoms with Gasteiger partial charge in [-0.15, -0.1) is 0 Å². The van der Waals surface area contributed by atoms with Crippen LogP contribution in [0.15, 0.2) is 53.4 Å². The van der Waals surface area contributed by atoms with Gasteiger partial charge in [0.2, 0.25) is 10.0 Å². The number of carbonyl (C=O) groups is 2. The molecular formula is C22H26N2O6S. The molecular weight excluding hydrogens is 420 g/mol. The maximum absolute atomic E-state index is 12.9.